The molecule has 4 rings (SSSR count). The van der Waals surface area contributed by atoms with Crippen LogP contribution in [0.25, 0.3) is 11.4 Å². The van der Waals surface area contributed by atoms with E-state index >= 15 is 0 Å². The number of halogens is 1. The summed E-state index contributed by atoms with van der Waals surface area (Å²) in [6, 6.07) is 18.7. The van der Waals surface area contributed by atoms with Crippen molar-refractivity contribution in [1.82, 2.24) is 20.1 Å². The van der Waals surface area contributed by atoms with Gasteiger partial charge in [-0.1, -0.05) is 54.2 Å². The molecule has 1 aliphatic carbocycles. The van der Waals surface area contributed by atoms with Crippen LogP contribution in [0.1, 0.15) is 31.2 Å². The molecule has 0 aliphatic heterocycles. The monoisotopic (exact) mass is 449 g/mol. The lowest BCUT2D eigenvalue weighted by molar-refractivity contribution is -0.119. The number of hydrogen-bond donors (Lipinski definition) is 1. The second-order valence-electron chi connectivity index (χ2n) is 7.91. The highest BCUT2D eigenvalue weighted by Gasteiger charge is 2.35. The van der Waals surface area contributed by atoms with Crippen molar-refractivity contribution < 1.29 is 9.18 Å². The fourth-order valence-corrected chi connectivity index (χ4v) is 4.77. The van der Waals surface area contributed by atoms with Crippen LogP contribution in [0.2, 0.25) is 0 Å². The van der Waals surface area contributed by atoms with Crippen molar-refractivity contribution in [2.75, 3.05) is 5.75 Å². The molecule has 32 heavy (non-hydrogen) atoms. The first-order chi connectivity index (χ1) is 15.6. The number of hydrogen-bond acceptors (Lipinski definition) is 5. The number of amides is 1. The highest BCUT2D eigenvalue weighted by molar-refractivity contribution is 7.99. The lowest BCUT2D eigenvalue weighted by atomic mass is 10.0. The van der Waals surface area contributed by atoms with Crippen molar-refractivity contribution in [3.8, 4) is 17.5 Å². The molecule has 1 amide bonds. The van der Waals surface area contributed by atoms with E-state index in [0.29, 0.717) is 35.9 Å². The second-order valence-corrected chi connectivity index (χ2v) is 8.85. The Morgan fingerprint density at radius 1 is 1.12 bits per heavy atom. The quantitative estimate of drug-likeness (QED) is 0.516. The molecule has 8 heteroatoms. The molecule has 1 heterocycles. The van der Waals surface area contributed by atoms with Gasteiger partial charge in [-0.15, -0.1) is 10.2 Å². The molecule has 6 nitrogen and oxygen atoms in total. The average Bonchev–Trinajstić information content (AvgIpc) is 3.45. The molecule has 0 spiro atoms. The Kier molecular flexibility index (Phi) is 6.86. The molecule has 1 N–H and O–H groups in total. The molecule has 2 aromatic carbocycles. The fourth-order valence-electron chi connectivity index (χ4n) is 4.00. The third kappa shape index (κ3) is 5.00. The van der Waals surface area contributed by atoms with Crippen molar-refractivity contribution in [3.63, 3.8) is 0 Å². The minimum absolute atomic E-state index is 0.115. The van der Waals surface area contributed by atoms with E-state index in [-0.39, 0.29) is 17.5 Å². The molecule has 1 aliphatic rings. The summed E-state index contributed by atoms with van der Waals surface area (Å²) in [5.74, 6) is -0.0217. The maximum absolute atomic E-state index is 14.5. The van der Waals surface area contributed by atoms with Gasteiger partial charge in [0.1, 0.15) is 11.4 Å². The highest BCUT2D eigenvalue weighted by atomic mass is 32.2. The largest absolute Gasteiger partial charge is 0.337 e. The summed E-state index contributed by atoms with van der Waals surface area (Å²) < 4.78 is 16.3. The van der Waals surface area contributed by atoms with Crippen molar-refractivity contribution in [2.24, 2.45) is 0 Å². The molecule has 1 saturated carbocycles. The molecule has 0 bridgehead atoms. The summed E-state index contributed by atoms with van der Waals surface area (Å²) >= 11 is 1.25. The van der Waals surface area contributed by atoms with Gasteiger partial charge in [0, 0.05) is 6.54 Å². The second kappa shape index (κ2) is 9.96. The maximum Gasteiger partial charge on any atom is 0.231 e. The number of aromatic nitrogens is 3. The third-order valence-electron chi connectivity index (χ3n) is 5.68. The summed E-state index contributed by atoms with van der Waals surface area (Å²) in [5.41, 5.74) is 0.766. The van der Waals surface area contributed by atoms with Crippen LogP contribution in [0.5, 0.6) is 0 Å². The van der Waals surface area contributed by atoms with E-state index < -0.39 is 5.54 Å². The van der Waals surface area contributed by atoms with Crippen LogP contribution in [-0.4, -0.2) is 32.0 Å². The van der Waals surface area contributed by atoms with Gasteiger partial charge < -0.3 is 9.88 Å². The van der Waals surface area contributed by atoms with E-state index in [1.54, 1.807) is 18.2 Å². The van der Waals surface area contributed by atoms with Gasteiger partial charge in [-0.2, -0.15) is 5.26 Å². The number of benzene rings is 2. The molecular formula is C24H24FN5OS. The first kappa shape index (κ1) is 22.0. The Bertz CT molecular complexity index is 1120. The lowest BCUT2D eigenvalue weighted by Gasteiger charge is -2.21. The van der Waals surface area contributed by atoms with Gasteiger partial charge in [-0.3, -0.25) is 4.79 Å². The molecule has 1 fully saturated rings. The van der Waals surface area contributed by atoms with E-state index in [0.717, 1.165) is 24.8 Å². The number of rotatable bonds is 8. The molecule has 0 radical (unpaired) electrons. The smallest absolute Gasteiger partial charge is 0.231 e. The average molecular weight is 450 g/mol. The summed E-state index contributed by atoms with van der Waals surface area (Å²) in [6.07, 6.45) is 3.98. The Hall–Kier alpha value is -3.18. The summed E-state index contributed by atoms with van der Waals surface area (Å²) in [7, 11) is 0. The number of nitrogens with zero attached hydrogens (tertiary/aromatic N) is 4. The SMILES string of the molecule is N#CC1(NC(=O)CSc2nnc(-c3ccccc3F)n2CCc2ccccc2)CCCC1. The Morgan fingerprint density at radius 2 is 1.84 bits per heavy atom. The van der Waals surface area contributed by atoms with Gasteiger partial charge in [0.2, 0.25) is 5.91 Å². The van der Waals surface area contributed by atoms with Crippen LogP contribution in [-0.2, 0) is 17.8 Å². The Balaban J connectivity index is 1.52. The maximum atomic E-state index is 14.5. The zero-order chi connectivity index (χ0) is 22.4. The number of carbonyl (C=O) groups excluding carboxylic acids is 1. The van der Waals surface area contributed by atoms with Crippen LogP contribution in [0.4, 0.5) is 4.39 Å². The molecule has 0 saturated heterocycles. The number of carbonyl (C=O) groups is 1. The van der Waals surface area contributed by atoms with Crippen molar-refractivity contribution in [3.05, 3.63) is 66.0 Å². The Labute approximate surface area is 190 Å². The highest BCUT2D eigenvalue weighted by Crippen LogP contribution is 2.30. The molecule has 164 valence electrons. The van der Waals surface area contributed by atoms with Crippen molar-refractivity contribution in [1.29, 1.82) is 5.26 Å². The minimum atomic E-state index is -0.753. The standard InChI is InChI=1S/C24H24FN5OS/c25-20-11-5-4-10-19(20)22-28-29-23(30(22)15-12-18-8-2-1-3-9-18)32-16-21(31)27-24(17-26)13-6-7-14-24/h1-5,8-11H,6-7,12-16H2,(H,27,31). The van der Waals surface area contributed by atoms with E-state index in [1.807, 2.05) is 34.9 Å². The third-order valence-corrected chi connectivity index (χ3v) is 6.65. The molecular weight excluding hydrogens is 425 g/mol. The molecule has 0 unspecified atom stereocenters. The van der Waals surface area contributed by atoms with Crippen LogP contribution >= 0.6 is 11.8 Å². The van der Waals surface area contributed by atoms with Gasteiger partial charge in [-0.05, 0) is 49.8 Å². The van der Waals surface area contributed by atoms with Gasteiger partial charge in [-0.25, -0.2) is 4.39 Å². The van der Waals surface area contributed by atoms with Gasteiger partial charge in [0.05, 0.1) is 17.4 Å². The normalized spacial score (nSPS) is 14.8. The van der Waals surface area contributed by atoms with E-state index in [4.69, 9.17) is 0 Å². The zero-order valence-corrected chi connectivity index (χ0v) is 18.4. The van der Waals surface area contributed by atoms with Gasteiger partial charge >= 0.3 is 0 Å². The molecule has 3 aromatic rings. The molecule has 0 atom stereocenters. The van der Waals surface area contributed by atoms with Crippen LogP contribution in [0.3, 0.4) is 0 Å². The first-order valence-electron chi connectivity index (χ1n) is 10.7. The van der Waals surface area contributed by atoms with Gasteiger partial charge in [0.15, 0.2) is 11.0 Å². The van der Waals surface area contributed by atoms with Gasteiger partial charge in [0.25, 0.3) is 0 Å². The lowest BCUT2D eigenvalue weighted by Crippen LogP contribution is -2.45. The predicted octanol–water partition coefficient (Wildman–Crippen LogP) is 4.37. The summed E-state index contributed by atoms with van der Waals surface area (Å²) in [5, 5.41) is 21.4. The topological polar surface area (TPSA) is 83.6 Å². The number of aryl methyl sites for hydroxylation is 1. The fraction of sp³-hybridized carbons (Fsp3) is 0.333. The first-order valence-corrected chi connectivity index (χ1v) is 11.7. The Morgan fingerprint density at radius 3 is 2.56 bits per heavy atom. The van der Waals surface area contributed by atoms with Crippen molar-refractivity contribution in [2.45, 2.75) is 49.3 Å². The summed E-state index contributed by atoms with van der Waals surface area (Å²) in [4.78, 5) is 12.6. The van der Waals surface area contributed by atoms with Crippen LogP contribution < -0.4 is 5.32 Å². The van der Waals surface area contributed by atoms with E-state index in [2.05, 4.69) is 21.6 Å². The molecule has 1 aromatic heterocycles. The zero-order valence-electron chi connectivity index (χ0n) is 17.6. The number of nitrogens with one attached hydrogen (secondary N) is 1. The van der Waals surface area contributed by atoms with E-state index in [1.165, 1.54) is 17.8 Å². The number of nitriles is 1. The minimum Gasteiger partial charge on any atom is -0.337 e. The van der Waals surface area contributed by atoms with Crippen LogP contribution in [0, 0.1) is 17.1 Å². The van der Waals surface area contributed by atoms with E-state index in [9.17, 15) is 14.4 Å². The summed E-state index contributed by atoms with van der Waals surface area (Å²) in [6.45, 7) is 0.548. The van der Waals surface area contributed by atoms with Crippen molar-refractivity contribution >= 4 is 17.7 Å². The number of thioether (sulfide) groups is 1. The van der Waals surface area contributed by atoms with Crippen LogP contribution in [0.15, 0.2) is 59.8 Å². The predicted molar refractivity (Wildman–Crippen MR) is 121 cm³/mol.